The Morgan fingerprint density at radius 2 is 1.90 bits per heavy atom. The van der Waals surface area contributed by atoms with Gasteiger partial charge < -0.3 is 5.32 Å². The molecular weight excluding hydrogens is 308 g/mol. The maximum atomic E-state index is 12.3. The molecule has 1 fully saturated rings. The third-order valence-electron chi connectivity index (χ3n) is 3.99. The molecule has 0 spiro atoms. The first kappa shape index (κ1) is 18.8. The van der Waals surface area contributed by atoms with Crippen molar-refractivity contribution in [2.45, 2.75) is 58.0 Å². The van der Waals surface area contributed by atoms with E-state index in [0.29, 0.717) is 6.42 Å². The number of thioether (sulfide) groups is 1. The van der Waals surface area contributed by atoms with Crippen LogP contribution in [0.4, 0.5) is 0 Å². The second-order valence-corrected chi connectivity index (χ2v) is 8.85. The summed E-state index contributed by atoms with van der Waals surface area (Å²) >= 11 is 1.61. The number of sulfonamides is 1. The quantitative estimate of drug-likeness (QED) is 0.708. The van der Waals surface area contributed by atoms with Crippen LogP contribution in [0, 0.1) is 5.92 Å². The van der Waals surface area contributed by atoms with E-state index in [9.17, 15) is 13.2 Å². The monoisotopic (exact) mass is 336 g/mol. The third-order valence-corrected chi connectivity index (χ3v) is 6.04. The fourth-order valence-electron chi connectivity index (χ4n) is 2.49. The lowest BCUT2D eigenvalue weighted by molar-refractivity contribution is -0.123. The zero-order valence-electron chi connectivity index (χ0n) is 13.2. The molecule has 2 N–H and O–H groups in total. The Morgan fingerprint density at radius 3 is 2.43 bits per heavy atom. The molecule has 1 saturated carbocycles. The van der Waals surface area contributed by atoms with Crippen LogP contribution in [0.2, 0.25) is 0 Å². The largest absolute Gasteiger partial charge is 0.352 e. The number of amides is 1. The minimum absolute atomic E-state index is 0.00298. The fourth-order valence-corrected chi connectivity index (χ4v) is 3.78. The summed E-state index contributed by atoms with van der Waals surface area (Å²) in [6.45, 7) is 3.81. The Morgan fingerprint density at radius 1 is 1.29 bits per heavy atom. The van der Waals surface area contributed by atoms with Crippen molar-refractivity contribution >= 4 is 27.7 Å². The molecule has 1 atom stereocenters. The molecule has 0 aromatic heterocycles. The van der Waals surface area contributed by atoms with E-state index in [1.165, 1.54) is 0 Å². The highest BCUT2D eigenvalue weighted by atomic mass is 32.2. The lowest BCUT2D eigenvalue weighted by Crippen LogP contribution is -2.50. The molecule has 7 heteroatoms. The van der Waals surface area contributed by atoms with E-state index in [0.717, 1.165) is 37.4 Å². The van der Waals surface area contributed by atoms with E-state index in [4.69, 9.17) is 0 Å². The number of hydrogen-bond acceptors (Lipinski definition) is 4. The van der Waals surface area contributed by atoms with Gasteiger partial charge in [0.2, 0.25) is 15.9 Å². The summed E-state index contributed by atoms with van der Waals surface area (Å²) in [7, 11) is -3.36. The first-order valence-electron chi connectivity index (χ1n) is 7.67. The molecule has 0 unspecified atom stereocenters. The Bertz CT molecular complexity index is 418. The van der Waals surface area contributed by atoms with E-state index < -0.39 is 16.1 Å². The number of rotatable bonds is 8. The standard InChI is InChI=1S/C14H28N2O3S2/c1-4-21(18,19)16-13(9-10-20-3)14(17)15-12-7-5-11(2)6-8-12/h11-13,16H,4-10H2,1-3H3,(H,15,17)/t11?,12?,13-/m1/s1. The topological polar surface area (TPSA) is 75.3 Å². The predicted molar refractivity (Wildman–Crippen MR) is 88.9 cm³/mol. The van der Waals surface area contributed by atoms with Gasteiger partial charge in [0.25, 0.3) is 0 Å². The highest BCUT2D eigenvalue weighted by Gasteiger charge is 2.26. The molecular formula is C14H28N2O3S2. The molecule has 124 valence electrons. The van der Waals surface area contributed by atoms with Gasteiger partial charge in [-0.25, -0.2) is 13.1 Å². The van der Waals surface area contributed by atoms with Crippen LogP contribution in [0.15, 0.2) is 0 Å². The molecule has 0 saturated heterocycles. The van der Waals surface area contributed by atoms with Crippen molar-refractivity contribution in [1.29, 1.82) is 0 Å². The van der Waals surface area contributed by atoms with Crippen LogP contribution >= 0.6 is 11.8 Å². The summed E-state index contributed by atoms with van der Waals surface area (Å²) in [5.74, 6) is 1.30. The van der Waals surface area contributed by atoms with Crippen molar-refractivity contribution in [2.75, 3.05) is 17.8 Å². The van der Waals surface area contributed by atoms with Crippen LogP contribution in [0.25, 0.3) is 0 Å². The normalized spacial score (nSPS) is 24.5. The van der Waals surface area contributed by atoms with Gasteiger partial charge in [-0.1, -0.05) is 6.92 Å². The second kappa shape index (κ2) is 9.00. The van der Waals surface area contributed by atoms with Crippen LogP contribution in [-0.4, -0.2) is 44.2 Å². The number of hydrogen-bond donors (Lipinski definition) is 2. The molecule has 5 nitrogen and oxygen atoms in total. The van der Waals surface area contributed by atoms with Crippen molar-refractivity contribution in [1.82, 2.24) is 10.0 Å². The van der Waals surface area contributed by atoms with E-state index in [1.54, 1.807) is 18.7 Å². The number of nitrogens with one attached hydrogen (secondary N) is 2. The average molecular weight is 337 g/mol. The SMILES string of the molecule is CCS(=O)(=O)N[C@H](CCSC)C(=O)NC1CCC(C)CC1. The summed E-state index contributed by atoms with van der Waals surface area (Å²) in [5.41, 5.74) is 0. The van der Waals surface area contributed by atoms with Crippen LogP contribution in [0.5, 0.6) is 0 Å². The van der Waals surface area contributed by atoms with E-state index in [-0.39, 0.29) is 17.7 Å². The zero-order chi connectivity index (χ0) is 15.9. The molecule has 0 aromatic carbocycles. The average Bonchev–Trinajstić information content (AvgIpc) is 2.45. The second-order valence-electron chi connectivity index (χ2n) is 5.82. The molecule has 1 rings (SSSR count). The Labute approximate surface area is 133 Å². The van der Waals surface area contributed by atoms with Crippen LogP contribution < -0.4 is 10.0 Å². The number of carbonyl (C=O) groups excluding carboxylic acids is 1. The zero-order valence-corrected chi connectivity index (χ0v) is 14.9. The van der Waals surface area contributed by atoms with Crippen molar-refractivity contribution in [3.8, 4) is 0 Å². The minimum Gasteiger partial charge on any atom is -0.352 e. The van der Waals surface area contributed by atoms with Gasteiger partial charge in [-0.2, -0.15) is 11.8 Å². The summed E-state index contributed by atoms with van der Waals surface area (Å²) in [6, 6.07) is -0.460. The summed E-state index contributed by atoms with van der Waals surface area (Å²) in [4.78, 5) is 12.3. The van der Waals surface area contributed by atoms with E-state index in [2.05, 4.69) is 17.0 Å². The number of carbonyl (C=O) groups is 1. The Kier molecular flexibility index (Phi) is 8.05. The maximum absolute atomic E-state index is 12.3. The van der Waals surface area contributed by atoms with Crippen molar-refractivity contribution < 1.29 is 13.2 Å². The predicted octanol–water partition coefficient (Wildman–Crippen LogP) is 1.74. The van der Waals surface area contributed by atoms with Crippen molar-refractivity contribution in [3.05, 3.63) is 0 Å². The Balaban J connectivity index is 2.58. The molecule has 21 heavy (non-hydrogen) atoms. The van der Waals surface area contributed by atoms with Gasteiger partial charge in [-0.05, 0) is 57.0 Å². The van der Waals surface area contributed by atoms with Crippen LogP contribution in [0.3, 0.4) is 0 Å². The lowest BCUT2D eigenvalue weighted by atomic mass is 9.87. The smallest absolute Gasteiger partial charge is 0.238 e. The first-order chi connectivity index (χ1) is 9.88. The van der Waals surface area contributed by atoms with E-state index >= 15 is 0 Å². The van der Waals surface area contributed by atoms with Gasteiger partial charge in [0.1, 0.15) is 6.04 Å². The molecule has 0 aromatic rings. The molecule has 0 radical (unpaired) electrons. The van der Waals surface area contributed by atoms with Gasteiger partial charge >= 0.3 is 0 Å². The Hall–Kier alpha value is -0.270. The fraction of sp³-hybridized carbons (Fsp3) is 0.929. The maximum Gasteiger partial charge on any atom is 0.238 e. The molecule has 1 amide bonds. The highest BCUT2D eigenvalue weighted by Crippen LogP contribution is 2.23. The van der Waals surface area contributed by atoms with Gasteiger partial charge in [0.05, 0.1) is 5.75 Å². The third kappa shape index (κ3) is 7.02. The van der Waals surface area contributed by atoms with Gasteiger partial charge in [0.15, 0.2) is 0 Å². The van der Waals surface area contributed by atoms with Crippen molar-refractivity contribution in [2.24, 2.45) is 5.92 Å². The van der Waals surface area contributed by atoms with Gasteiger partial charge in [-0.3, -0.25) is 4.79 Å². The van der Waals surface area contributed by atoms with Crippen LogP contribution in [-0.2, 0) is 14.8 Å². The molecule has 0 heterocycles. The minimum atomic E-state index is -3.36. The molecule has 1 aliphatic rings. The lowest BCUT2D eigenvalue weighted by Gasteiger charge is -2.28. The molecule has 0 aliphatic heterocycles. The summed E-state index contributed by atoms with van der Waals surface area (Å²) in [5, 5.41) is 3.02. The van der Waals surface area contributed by atoms with Gasteiger partial charge in [-0.15, -0.1) is 0 Å². The highest BCUT2D eigenvalue weighted by molar-refractivity contribution is 7.98. The molecule has 0 bridgehead atoms. The first-order valence-corrected chi connectivity index (χ1v) is 10.7. The molecule has 1 aliphatic carbocycles. The van der Waals surface area contributed by atoms with Gasteiger partial charge in [0, 0.05) is 6.04 Å². The van der Waals surface area contributed by atoms with Crippen molar-refractivity contribution in [3.63, 3.8) is 0 Å². The summed E-state index contributed by atoms with van der Waals surface area (Å²) in [6.07, 6.45) is 6.70. The summed E-state index contributed by atoms with van der Waals surface area (Å²) < 4.78 is 26.0. The van der Waals surface area contributed by atoms with Crippen LogP contribution in [0.1, 0.15) is 46.0 Å². The van der Waals surface area contributed by atoms with E-state index in [1.807, 2.05) is 6.26 Å².